The van der Waals surface area contributed by atoms with Crippen LogP contribution in [0.1, 0.15) is 40.7 Å². The fourth-order valence-corrected chi connectivity index (χ4v) is 2.99. The van der Waals surface area contributed by atoms with Crippen LogP contribution in [0.3, 0.4) is 0 Å². The molecule has 0 bridgehead atoms. The van der Waals surface area contributed by atoms with E-state index in [1.807, 2.05) is 12.1 Å². The van der Waals surface area contributed by atoms with E-state index in [1.54, 1.807) is 0 Å². The largest absolute Gasteiger partial charge is 0.372 e. The van der Waals surface area contributed by atoms with Crippen molar-refractivity contribution in [3.8, 4) is 0 Å². The minimum absolute atomic E-state index is 0.230. The minimum Gasteiger partial charge on any atom is -0.372 e. The zero-order valence-electron chi connectivity index (χ0n) is 13.2. The topological polar surface area (TPSA) is 20.3 Å². The van der Waals surface area contributed by atoms with Gasteiger partial charge in [-0.2, -0.15) is 0 Å². The number of ketones is 1. The fraction of sp³-hybridized carbons (Fsp3) is 0.350. The molecule has 0 spiro atoms. The number of anilines is 1. The quantitative estimate of drug-likeness (QED) is 0.761. The minimum atomic E-state index is 0.230. The summed E-state index contributed by atoms with van der Waals surface area (Å²) in [6, 6.07) is 16.6. The molecule has 0 aliphatic carbocycles. The number of hydrogen-bond acceptors (Lipinski definition) is 2. The van der Waals surface area contributed by atoms with E-state index in [-0.39, 0.29) is 5.78 Å². The van der Waals surface area contributed by atoms with Gasteiger partial charge in [-0.15, -0.1) is 0 Å². The van der Waals surface area contributed by atoms with Gasteiger partial charge in [-0.1, -0.05) is 29.8 Å². The third-order valence-corrected chi connectivity index (χ3v) is 4.42. The maximum Gasteiger partial charge on any atom is 0.163 e. The van der Waals surface area contributed by atoms with Gasteiger partial charge in [0.1, 0.15) is 0 Å². The molecule has 0 unspecified atom stereocenters. The van der Waals surface area contributed by atoms with Gasteiger partial charge < -0.3 is 4.90 Å². The predicted molar refractivity (Wildman–Crippen MR) is 91.7 cm³/mol. The number of benzene rings is 2. The highest BCUT2D eigenvalue weighted by atomic mass is 16.1. The van der Waals surface area contributed by atoms with E-state index >= 15 is 0 Å². The van der Waals surface area contributed by atoms with Crippen molar-refractivity contribution >= 4 is 11.5 Å². The van der Waals surface area contributed by atoms with Crippen LogP contribution in [0, 0.1) is 6.92 Å². The van der Waals surface area contributed by atoms with Gasteiger partial charge >= 0.3 is 0 Å². The van der Waals surface area contributed by atoms with E-state index in [0.717, 1.165) is 25.1 Å². The molecule has 0 N–H and O–H groups in total. The molecule has 1 saturated heterocycles. The van der Waals surface area contributed by atoms with Crippen molar-refractivity contribution in [2.75, 3.05) is 18.0 Å². The Hall–Kier alpha value is -2.09. The Labute approximate surface area is 132 Å². The van der Waals surface area contributed by atoms with E-state index < -0.39 is 0 Å². The second-order valence-electron chi connectivity index (χ2n) is 6.15. The molecule has 2 heteroatoms. The first kappa shape index (κ1) is 14.8. The highest BCUT2D eigenvalue weighted by Gasteiger charge is 2.13. The molecular weight excluding hydrogens is 270 g/mol. The van der Waals surface area contributed by atoms with Gasteiger partial charge in [-0.05, 0) is 56.0 Å². The van der Waals surface area contributed by atoms with Crippen LogP contribution < -0.4 is 4.90 Å². The molecule has 1 aliphatic rings. The predicted octanol–water partition coefficient (Wildman–Crippen LogP) is 4.41. The number of aryl methyl sites for hydroxylation is 2. The summed E-state index contributed by atoms with van der Waals surface area (Å²) in [6.45, 7) is 4.36. The first-order valence-corrected chi connectivity index (χ1v) is 8.16. The van der Waals surface area contributed by atoms with Gasteiger partial charge in [0.15, 0.2) is 5.78 Å². The van der Waals surface area contributed by atoms with Gasteiger partial charge in [0.2, 0.25) is 0 Å². The molecule has 0 radical (unpaired) electrons. The van der Waals surface area contributed by atoms with E-state index in [1.165, 1.54) is 29.7 Å². The average molecular weight is 293 g/mol. The molecule has 0 amide bonds. The lowest BCUT2D eigenvalue weighted by atomic mass is 10.0. The Morgan fingerprint density at radius 3 is 2.23 bits per heavy atom. The first-order valence-electron chi connectivity index (χ1n) is 8.16. The maximum atomic E-state index is 12.3. The molecule has 0 saturated carbocycles. The summed E-state index contributed by atoms with van der Waals surface area (Å²) in [5.41, 5.74) is 4.56. The smallest absolute Gasteiger partial charge is 0.163 e. The van der Waals surface area contributed by atoms with Crippen molar-refractivity contribution in [1.82, 2.24) is 0 Å². The standard InChI is InChI=1S/C20H23NO/c1-16-4-6-17(7-5-16)8-13-20(22)18-9-11-19(12-10-18)21-14-2-3-15-21/h4-7,9-12H,2-3,8,13-15H2,1H3. The summed E-state index contributed by atoms with van der Waals surface area (Å²) in [7, 11) is 0. The molecule has 1 aliphatic heterocycles. The highest BCUT2D eigenvalue weighted by Crippen LogP contribution is 2.21. The Morgan fingerprint density at radius 2 is 1.59 bits per heavy atom. The Kier molecular flexibility index (Phi) is 4.57. The molecule has 0 aromatic heterocycles. The van der Waals surface area contributed by atoms with Crippen molar-refractivity contribution in [2.45, 2.75) is 32.6 Å². The van der Waals surface area contributed by atoms with Crippen molar-refractivity contribution in [3.63, 3.8) is 0 Å². The third-order valence-electron chi connectivity index (χ3n) is 4.42. The van der Waals surface area contributed by atoms with E-state index in [2.05, 4.69) is 48.2 Å². The molecule has 114 valence electrons. The summed E-state index contributed by atoms with van der Waals surface area (Å²) < 4.78 is 0. The number of carbonyl (C=O) groups is 1. The lowest BCUT2D eigenvalue weighted by Crippen LogP contribution is -2.17. The molecular formula is C20H23NO. The van der Waals surface area contributed by atoms with Crippen LogP contribution in [-0.2, 0) is 6.42 Å². The van der Waals surface area contributed by atoms with Crippen molar-refractivity contribution in [1.29, 1.82) is 0 Å². The first-order chi connectivity index (χ1) is 10.7. The van der Waals surface area contributed by atoms with Gasteiger partial charge in [0.25, 0.3) is 0 Å². The Balaban J connectivity index is 1.58. The number of Topliss-reactive ketones (excluding diaryl/α,β-unsaturated/α-hetero) is 1. The van der Waals surface area contributed by atoms with Gasteiger partial charge in [0, 0.05) is 30.8 Å². The van der Waals surface area contributed by atoms with E-state index in [0.29, 0.717) is 6.42 Å². The number of rotatable bonds is 5. The van der Waals surface area contributed by atoms with Crippen LogP contribution in [0.2, 0.25) is 0 Å². The average Bonchev–Trinajstić information content (AvgIpc) is 3.09. The van der Waals surface area contributed by atoms with Crippen LogP contribution in [0.5, 0.6) is 0 Å². The lowest BCUT2D eigenvalue weighted by molar-refractivity contribution is 0.0983. The summed E-state index contributed by atoms with van der Waals surface area (Å²) >= 11 is 0. The van der Waals surface area contributed by atoms with Crippen LogP contribution in [0.15, 0.2) is 48.5 Å². The van der Waals surface area contributed by atoms with Crippen molar-refractivity contribution in [3.05, 3.63) is 65.2 Å². The van der Waals surface area contributed by atoms with Crippen LogP contribution in [0.4, 0.5) is 5.69 Å². The molecule has 2 nitrogen and oxygen atoms in total. The Bertz CT molecular complexity index is 622. The van der Waals surface area contributed by atoms with Crippen molar-refractivity contribution in [2.24, 2.45) is 0 Å². The van der Waals surface area contributed by atoms with E-state index in [4.69, 9.17) is 0 Å². The van der Waals surface area contributed by atoms with Crippen LogP contribution >= 0.6 is 0 Å². The third kappa shape index (κ3) is 3.56. The molecule has 0 atom stereocenters. The van der Waals surface area contributed by atoms with E-state index in [9.17, 15) is 4.79 Å². The van der Waals surface area contributed by atoms with Crippen LogP contribution in [-0.4, -0.2) is 18.9 Å². The summed E-state index contributed by atoms with van der Waals surface area (Å²) in [5.74, 6) is 0.230. The highest BCUT2D eigenvalue weighted by molar-refractivity contribution is 5.96. The molecule has 22 heavy (non-hydrogen) atoms. The monoisotopic (exact) mass is 293 g/mol. The molecule has 1 heterocycles. The van der Waals surface area contributed by atoms with Gasteiger partial charge in [0.05, 0.1) is 0 Å². The molecule has 2 aromatic carbocycles. The summed E-state index contributed by atoms with van der Waals surface area (Å²) in [6.07, 6.45) is 3.94. The molecule has 3 rings (SSSR count). The molecule has 1 fully saturated rings. The second-order valence-corrected chi connectivity index (χ2v) is 6.15. The summed E-state index contributed by atoms with van der Waals surface area (Å²) in [5, 5.41) is 0. The van der Waals surface area contributed by atoms with Gasteiger partial charge in [-0.3, -0.25) is 4.79 Å². The number of hydrogen-bond donors (Lipinski definition) is 0. The van der Waals surface area contributed by atoms with Crippen LogP contribution in [0.25, 0.3) is 0 Å². The number of nitrogens with zero attached hydrogens (tertiary/aromatic N) is 1. The number of carbonyl (C=O) groups excluding carboxylic acids is 1. The second kappa shape index (κ2) is 6.78. The normalized spacial score (nSPS) is 14.3. The lowest BCUT2D eigenvalue weighted by Gasteiger charge is -2.17. The Morgan fingerprint density at radius 1 is 0.955 bits per heavy atom. The van der Waals surface area contributed by atoms with Gasteiger partial charge in [-0.25, -0.2) is 0 Å². The maximum absolute atomic E-state index is 12.3. The molecule has 2 aromatic rings. The van der Waals surface area contributed by atoms with Crippen molar-refractivity contribution < 1.29 is 4.79 Å². The zero-order chi connectivity index (χ0) is 15.4. The summed E-state index contributed by atoms with van der Waals surface area (Å²) in [4.78, 5) is 14.7. The SMILES string of the molecule is Cc1ccc(CCC(=O)c2ccc(N3CCCC3)cc2)cc1. The zero-order valence-corrected chi connectivity index (χ0v) is 13.2. The fourth-order valence-electron chi connectivity index (χ4n) is 2.99.